The molecule has 1 fully saturated rings. The number of nitrogens with one attached hydrogen (secondary N) is 2. The molecular formula is C19H23Cl2N3O3S. The van der Waals surface area contributed by atoms with Gasteiger partial charge in [-0.2, -0.15) is 4.31 Å². The minimum atomic E-state index is -3.55. The Morgan fingerprint density at radius 2 is 1.71 bits per heavy atom. The third kappa shape index (κ3) is 5.04. The Morgan fingerprint density at radius 3 is 2.29 bits per heavy atom. The molecule has 2 aromatic carbocycles. The van der Waals surface area contributed by atoms with Crippen LogP contribution in [0.5, 0.6) is 0 Å². The molecule has 0 unspecified atom stereocenters. The van der Waals surface area contributed by atoms with Crippen LogP contribution < -0.4 is 22.6 Å². The lowest BCUT2D eigenvalue weighted by Crippen LogP contribution is -3.10. The Bertz CT molecular complexity index is 941. The van der Waals surface area contributed by atoms with Crippen LogP contribution in [0.3, 0.4) is 0 Å². The molecule has 1 heterocycles. The van der Waals surface area contributed by atoms with E-state index in [1.165, 1.54) is 28.3 Å². The number of sulfonamides is 1. The van der Waals surface area contributed by atoms with Gasteiger partial charge in [-0.05, 0) is 37.3 Å². The van der Waals surface area contributed by atoms with Crippen LogP contribution in [0, 0.1) is 6.92 Å². The largest absolute Gasteiger partial charge is 1.00 e. The third-order valence-electron chi connectivity index (χ3n) is 4.72. The summed E-state index contributed by atoms with van der Waals surface area (Å²) in [6.45, 7) is 5.70. The number of carbonyl (C=O) groups excluding carboxylic acids is 1. The summed E-state index contributed by atoms with van der Waals surface area (Å²) in [5, 5.41) is 3.33. The molecule has 28 heavy (non-hydrogen) atoms. The summed E-state index contributed by atoms with van der Waals surface area (Å²) in [5.74, 6) is -0.194. The zero-order valence-corrected chi connectivity index (χ0v) is 18.0. The molecule has 0 aromatic heterocycles. The van der Waals surface area contributed by atoms with Gasteiger partial charge in [0.15, 0.2) is 0 Å². The topological polar surface area (TPSA) is 70.9 Å². The Morgan fingerprint density at radius 1 is 1.11 bits per heavy atom. The van der Waals surface area contributed by atoms with Gasteiger partial charge in [0.25, 0.3) is 0 Å². The molecule has 6 nitrogen and oxygen atoms in total. The highest BCUT2D eigenvalue weighted by molar-refractivity contribution is 7.89. The van der Waals surface area contributed by atoms with E-state index in [0.29, 0.717) is 36.9 Å². The zero-order valence-electron chi connectivity index (χ0n) is 15.7. The van der Waals surface area contributed by atoms with Crippen molar-refractivity contribution in [3.05, 3.63) is 53.1 Å². The molecule has 3 rings (SSSR count). The maximum Gasteiger partial charge on any atom is 0.243 e. The van der Waals surface area contributed by atoms with Gasteiger partial charge in [-0.3, -0.25) is 4.79 Å². The first kappa shape index (κ1) is 22.6. The monoisotopic (exact) mass is 443 g/mol. The molecule has 1 amide bonds. The predicted octanol–water partition coefficient (Wildman–Crippen LogP) is -1.17. The second-order valence-electron chi connectivity index (χ2n) is 6.67. The van der Waals surface area contributed by atoms with E-state index in [1.807, 2.05) is 25.1 Å². The molecule has 9 heteroatoms. The molecule has 2 N–H and O–H groups in total. The van der Waals surface area contributed by atoms with Gasteiger partial charge in [-0.15, -0.1) is 0 Å². The fourth-order valence-corrected chi connectivity index (χ4v) is 4.92. The fraction of sp³-hybridized carbons (Fsp3) is 0.316. The first-order valence-corrected chi connectivity index (χ1v) is 10.6. The van der Waals surface area contributed by atoms with Crippen molar-refractivity contribution < 1.29 is 30.5 Å². The van der Waals surface area contributed by atoms with Crippen LogP contribution in [-0.2, 0) is 14.8 Å². The molecule has 1 aliphatic rings. The van der Waals surface area contributed by atoms with E-state index in [4.69, 9.17) is 11.6 Å². The molecule has 152 valence electrons. The lowest BCUT2D eigenvalue weighted by Gasteiger charge is -2.32. The maximum atomic E-state index is 12.9. The number of anilines is 1. The highest BCUT2D eigenvalue weighted by atomic mass is 35.5. The first-order valence-electron chi connectivity index (χ1n) is 8.76. The Balaban J connectivity index is 0.00000280. The summed E-state index contributed by atoms with van der Waals surface area (Å²) in [7, 11) is -3.55. The van der Waals surface area contributed by atoms with Crippen molar-refractivity contribution in [2.75, 3.05) is 31.5 Å². The summed E-state index contributed by atoms with van der Waals surface area (Å²) < 4.78 is 27.3. The second kappa shape index (κ2) is 9.24. The minimum absolute atomic E-state index is 0. The number of halogens is 2. The van der Waals surface area contributed by atoms with Gasteiger partial charge in [0.05, 0.1) is 31.1 Å². The molecule has 0 spiro atoms. The summed E-state index contributed by atoms with van der Waals surface area (Å²) in [5.41, 5.74) is 2.85. The highest BCUT2D eigenvalue weighted by Crippen LogP contribution is 2.20. The van der Waals surface area contributed by atoms with Crippen molar-refractivity contribution in [2.24, 2.45) is 0 Å². The number of quaternary nitrogens is 1. The van der Waals surface area contributed by atoms with Crippen LogP contribution in [0.1, 0.15) is 12.5 Å². The van der Waals surface area contributed by atoms with Crippen molar-refractivity contribution >= 4 is 38.9 Å². The number of hydrogen-bond donors (Lipinski definition) is 2. The van der Waals surface area contributed by atoms with Crippen LogP contribution in [-0.4, -0.2) is 44.8 Å². The van der Waals surface area contributed by atoms with Crippen LogP contribution in [0.25, 0.3) is 0 Å². The molecule has 0 saturated carbocycles. The lowest BCUT2D eigenvalue weighted by atomic mass is 10.1. The molecule has 1 saturated heterocycles. The van der Waals surface area contributed by atoms with Gasteiger partial charge in [0.1, 0.15) is 5.69 Å². The predicted molar refractivity (Wildman–Crippen MR) is 106 cm³/mol. The van der Waals surface area contributed by atoms with E-state index in [1.54, 1.807) is 12.1 Å². The molecule has 2 aromatic rings. The SMILES string of the molecule is CC(=O)Nc1ccc(S(=O)(=O)N2CC[NH+](c3cc(Cl)ccc3C)CC2)cc1.[Cl-]. The fourth-order valence-electron chi connectivity index (χ4n) is 3.30. The average molecular weight is 444 g/mol. The van der Waals surface area contributed by atoms with Crippen LogP contribution >= 0.6 is 11.6 Å². The lowest BCUT2D eigenvalue weighted by molar-refractivity contribution is -0.837. The maximum absolute atomic E-state index is 12.9. The summed E-state index contributed by atoms with van der Waals surface area (Å²) >= 11 is 6.12. The smallest absolute Gasteiger partial charge is 0.243 e. The average Bonchev–Trinajstić information content (AvgIpc) is 2.64. The van der Waals surface area contributed by atoms with E-state index in [0.717, 1.165) is 11.3 Å². The Kier molecular flexibility index (Phi) is 7.47. The third-order valence-corrected chi connectivity index (χ3v) is 6.87. The van der Waals surface area contributed by atoms with Gasteiger partial charge in [0.2, 0.25) is 15.9 Å². The van der Waals surface area contributed by atoms with Crippen molar-refractivity contribution in [1.29, 1.82) is 0 Å². The Labute approximate surface area is 176 Å². The van der Waals surface area contributed by atoms with Crippen LogP contribution in [0.15, 0.2) is 47.4 Å². The normalized spacial score (nSPS) is 15.7. The van der Waals surface area contributed by atoms with Crippen molar-refractivity contribution in [3.8, 4) is 0 Å². The van der Waals surface area contributed by atoms with E-state index < -0.39 is 10.0 Å². The molecule has 0 radical (unpaired) electrons. The highest BCUT2D eigenvalue weighted by Gasteiger charge is 2.31. The Hall–Kier alpha value is -1.64. The summed E-state index contributed by atoms with van der Waals surface area (Å²) in [4.78, 5) is 12.6. The van der Waals surface area contributed by atoms with Crippen molar-refractivity contribution in [2.45, 2.75) is 18.7 Å². The van der Waals surface area contributed by atoms with E-state index in [9.17, 15) is 13.2 Å². The molecule has 1 aliphatic heterocycles. The van der Waals surface area contributed by atoms with Crippen molar-refractivity contribution in [1.82, 2.24) is 4.31 Å². The second-order valence-corrected chi connectivity index (χ2v) is 9.05. The molecule has 0 aliphatic carbocycles. The molecule has 0 bridgehead atoms. The van der Waals surface area contributed by atoms with Gasteiger partial charge < -0.3 is 22.6 Å². The standard InChI is InChI=1S/C19H22ClN3O3S.ClH/c1-14-3-4-16(20)13-19(14)22-9-11-23(12-10-22)27(25,26)18-7-5-17(6-8-18)21-15(2)24;/h3-8,13H,9-12H2,1-2H3,(H,21,24);1H. The number of piperazine rings is 1. The van der Waals surface area contributed by atoms with E-state index >= 15 is 0 Å². The molecule has 0 atom stereocenters. The van der Waals surface area contributed by atoms with Gasteiger partial charge in [-0.25, -0.2) is 8.42 Å². The number of benzene rings is 2. The molecular weight excluding hydrogens is 421 g/mol. The minimum Gasteiger partial charge on any atom is -1.00 e. The number of carbonyl (C=O) groups is 1. The summed E-state index contributed by atoms with van der Waals surface area (Å²) in [6.07, 6.45) is 0. The first-order chi connectivity index (χ1) is 12.8. The van der Waals surface area contributed by atoms with E-state index in [-0.39, 0.29) is 23.2 Å². The summed E-state index contributed by atoms with van der Waals surface area (Å²) in [6, 6.07) is 12.1. The van der Waals surface area contributed by atoms with Crippen molar-refractivity contribution in [3.63, 3.8) is 0 Å². The number of hydrogen-bond acceptors (Lipinski definition) is 3. The number of amides is 1. The van der Waals surface area contributed by atoms with Crippen LogP contribution in [0.4, 0.5) is 11.4 Å². The number of aryl methyl sites for hydroxylation is 1. The van der Waals surface area contributed by atoms with Crippen LogP contribution in [0.2, 0.25) is 5.02 Å². The zero-order chi connectivity index (χ0) is 19.6. The van der Waals surface area contributed by atoms with Gasteiger partial charge in [0, 0.05) is 29.3 Å². The number of rotatable bonds is 4. The van der Waals surface area contributed by atoms with Gasteiger partial charge in [-0.1, -0.05) is 17.7 Å². The van der Waals surface area contributed by atoms with E-state index in [2.05, 4.69) is 5.32 Å². The van der Waals surface area contributed by atoms with Gasteiger partial charge >= 0.3 is 0 Å². The quantitative estimate of drug-likeness (QED) is 0.625. The number of nitrogens with zero attached hydrogens (tertiary/aromatic N) is 1.